The highest BCUT2D eigenvalue weighted by molar-refractivity contribution is 5.81. The lowest BCUT2D eigenvalue weighted by Crippen LogP contribution is -1.98. The van der Waals surface area contributed by atoms with Gasteiger partial charge in [0.1, 0.15) is 11.6 Å². The van der Waals surface area contributed by atoms with Gasteiger partial charge in [0, 0.05) is 11.6 Å². The summed E-state index contributed by atoms with van der Waals surface area (Å²) in [6.45, 7) is 0. The van der Waals surface area contributed by atoms with Crippen LogP contribution in [0, 0.1) is 5.82 Å². The molecule has 1 saturated carbocycles. The summed E-state index contributed by atoms with van der Waals surface area (Å²) in [6.07, 6.45) is 2.34. The van der Waals surface area contributed by atoms with E-state index in [1.54, 1.807) is 12.1 Å². The molecule has 3 aromatic rings. The third kappa shape index (κ3) is 1.68. The van der Waals surface area contributed by atoms with Crippen molar-refractivity contribution in [3.05, 3.63) is 48.3 Å². The van der Waals surface area contributed by atoms with E-state index in [0.29, 0.717) is 6.04 Å². The molecule has 2 aromatic carbocycles. The summed E-state index contributed by atoms with van der Waals surface area (Å²) in [5.74, 6) is 0.489. The predicted octanol–water partition coefficient (Wildman–Crippen LogP) is 3.76. The number of imidazole rings is 1. The summed E-state index contributed by atoms with van der Waals surface area (Å²) >= 11 is 0. The highest BCUT2D eigenvalue weighted by atomic mass is 19.1. The first kappa shape index (κ1) is 11.5. The number of nitrogen functional groups attached to an aromatic ring is 1. The Kier molecular flexibility index (Phi) is 2.33. The van der Waals surface area contributed by atoms with Gasteiger partial charge >= 0.3 is 0 Å². The molecule has 0 aliphatic heterocycles. The number of hydrogen-bond donors (Lipinski definition) is 1. The van der Waals surface area contributed by atoms with Crippen LogP contribution in [0.25, 0.3) is 22.4 Å². The zero-order valence-corrected chi connectivity index (χ0v) is 10.9. The first-order valence-corrected chi connectivity index (χ1v) is 6.76. The van der Waals surface area contributed by atoms with Crippen molar-refractivity contribution in [3.8, 4) is 11.4 Å². The third-order valence-electron chi connectivity index (χ3n) is 3.76. The second-order valence-corrected chi connectivity index (χ2v) is 5.26. The fourth-order valence-electron chi connectivity index (χ4n) is 2.63. The van der Waals surface area contributed by atoms with Gasteiger partial charge in [-0.05, 0) is 43.2 Å². The number of para-hydroxylation sites is 2. The van der Waals surface area contributed by atoms with Gasteiger partial charge < -0.3 is 10.3 Å². The van der Waals surface area contributed by atoms with Crippen LogP contribution in [0.4, 0.5) is 10.1 Å². The average molecular weight is 267 g/mol. The monoisotopic (exact) mass is 267 g/mol. The third-order valence-corrected chi connectivity index (χ3v) is 3.76. The molecule has 1 heterocycles. The maximum atomic E-state index is 13.3. The van der Waals surface area contributed by atoms with Crippen LogP contribution < -0.4 is 5.73 Å². The van der Waals surface area contributed by atoms with Crippen molar-refractivity contribution >= 4 is 16.7 Å². The van der Waals surface area contributed by atoms with E-state index in [9.17, 15) is 4.39 Å². The largest absolute Gasteiger partial charge is 0.396 e. The fourth-order valence-corrected chi connectivity index (χ4v) is 2.63. The van der Waals surface area contributed by atoms with E-state index in [4.69, 9.17) is 10.7 Å². The molecule has 20 heavy (non-hydrogen) atoms. The molecule has 1 aliphatic rings. The Labute approximate surface area is 115 Å². The van der Waals surface area contributed by atoms with Crippen molar-refractivity contribution in [2.24, 2.45) is 0 Å². The van der Waals surface area contributed by atoms with Gasteiger partial charge in [-0.15, -0.1) is 0 Å². The Bertz CT molecular complexity index is 803. The van der Waals surface area contributed by atoms with Crippen molar-refractivity contribution in [1.29, 1.82) is 0 Å². The molecule has 2 N–H and O–H groups in total. The summed E-state index contributed by atoms with van der Waals surface area (Å²) < 4.78 is 15.6. The minimum Gasteiger partial charge on any atom is -0.396 e. The van der Waals surface area contributed by atoms with Gasteiger partial charge in [0.25, 0.3) is 0 Å². The van der Waals surface area contributed by atoms with Crippen LogP contribution in [0.1, 0.15) is 18.9 Å². The topological polar surface area (TPSA) is 43.8 Å². The van der Waals surface area contributed by atoms with Crippen molar-refractivity contribution in [1.82, 2.24) is 9.55 Å². The van der Waals surface area contributed by atoms with Crippen LogP contribution in [0.5, 0.6) is 0 Å². The predicted molar refractivity (Wildman–Crippen MR) is 77.8 cm³/mol. The van der Waals surface area contributed by atoms with E-state index in [2.05, 4.69) is 10.6 Å². The van der Waals surface area contributed by atoms with Gasteiger partial charge in [-0.25, -0.2) is 9.37 Å². The van der Waals surface area contributed by atoms with Gasteiger partial charge in [-0.1, -0.05) is 12.1 Å². The number of rotatable bonds is 2. The molecular weight excluding hydrogens is 253 g/mol. The normalized spacial score (nSPS) is 14.8. The van der Waals surface area contributed by atoms with Gasteiger partial charge in [0.2, 0.25) is 0 Å². The number of hydrogen-bond acceptors (Lipinski definition) is 2. The molecular formula is C16H14FN3. The highest BCUT2D eigenvalue weighted by Crippen LogP contribution is 2.41. The van der Waals surface area contributed by atoms with E-state index in [0.717, 1.165) is 22.4 Å². The van der Waals surface area contributed by atoms with Crippen LogP contribution in [0.15, 0.2) is 42.5 Å². The first-order valence-electron chi connectivity index (χ1n) is 6.76. The fraction of sp³-hybridized carbons (Fsp3) is 0.188. The van der Waals surface area contributed by atoms with Crippen molar-refractivity contribution < 1.29 is 4.39 Å². The van der Waals surface area contributed by atoms with Crippen molar-refractivity contribution in [2.45, 2.75) is 18.9 Å². The van der Waals surface area contributed by atoms with E-state index >= 15 is 0 Å². The molecule has 0 atom stereocenters. The lowest BCUT2D eigenvalue weighted by Gasteiger charge is -2.08. The molecule has 1 aliphatic carbocycles. The quantitative estimate of drug-likeness (QED) is 0.718. The molecule has 3 nitrogen and oxygen atoms in total. The van der Waals surface area contributed by atoms with Crippen LogP contribution in [0.3, 0.4) is 0 Å². The summed E-state index contributed by atoms with van der Waals surface area (Å²) in [7, 11) is 0. The van der Waals surface area contributed by atoms with Gasteiger partial charge in [0.15, 0.2) is 0 Å². The smallest absolute Gasteiger partial charge is 0.146 e. The molecule has 100 valence electrons. The Balaban J connectivity index is 1.98. The number of anilines is 1. The molecule has 0 unspecified atom stereocenters. The highest BCUT2D eigenvalue weighted by Gasteiger charge is 2.28. The SMILES string of the molecule is Nc1cc(-c2nc3ccccc3n2C2CC2)ccc1F. The van der Waals surface area contributed by atoms with Crippen LogP contribution in [-0.4, -0.2) is 9.55 Å². The second kappa shape index (κ2) is 4.07. The standard InChI is InChI=1S/C16H14FN3/c17-12-8-5-10(9-13(12)18)16-19-14-3-1-2-4-15(14)20(16)11-6-7-11/h1-5,8-9,11H,6-7,18H2. The number of benzene rings is 2. The summed E-state index contributed by atoms with van der Waals surface area (Å²) in [6, 6.07) is 13.4. The minimum atomic E-state index is -0.386. The Hall–Kier alpha value is -2.36. The number of fused-ring (bicyclic) bond motifs is 1. The lowest BCUT2D eigenvalue weighted by molar-refractivity contribution is 0.632. The second-order valence-electron chi connectivity index (χ2n) is 5.26. The van der Waals surface area contributed by atoms with Crippen LogP contribution >= 0.6 is 0 Å². The minimum absolute atomic E-state index is 0.164. The summed E-state index contributed by atoms with van der Waals surface area (Å²) in [4.78, 5) is 4.70. The van der Waals surface area contributed by atoms with E-state index in [1.807, 2.05) is 18.2 Å². The van der Waals surface area contributed by atoms with E-state index in [-0.39, 0.29) is 11.5 Å². The first-order chi connectivity index (χ1) is 9.74. The van der Waals surface area contributed by atoms with E-state index < -0.39 is 0 Å². The van der Waals surface area contributed by atoms with Gasteiger partial charge in [0.05, 0.1) is 16.7 Å². The van der Waals surface area contributed by atoms with Crippen LogP contribution in [-0.2, 0) is 0 Å². The lowest BCUT2D eigenvalue weighted by atomic mass is 10.2. The molecule has 0 amide bonds. The molecule has 0 spiro atoms. The molecule has 0 radical (unpaired) electrons. The Morgan fingerprint density at radius 3 is 2.70 bits per heavy atom. The zero-order chi connectivity index (χ0) is 13.7. The Morgan fingerprint density at radius 2 is 1.95 bits per heavy atom. The number of halogens is 1. The van der Waals surface area contributed by atoms with Crippen molar-refractivity contribution in [2.75, 3.05) is 5.73 Å². The summed E-state index contributed by atoms with van der Waals surface area (Å²) in [5, 5.41) is 0. The van der Waals surface area contributed by atoms with Crippen LogP contribution in [0.2, 0.25) is 0 Å². The number of nitrogens with zero attached hydrogens (tertiary/aromatic N) is 2. The molecule has 0 bridgehead atoms. The Morgan fingerprint density at radius 1 is 1.15 bits per heavy atom. The molecule has 4 rings (SSSR count). The van der Waals surface area contributed by atoms with Gasteiger partial charge in [-0.3, -0.25) is 0 Å². The molecule has 4 heteroatoms. The maximum absolute atomic E-state index is 13.3. The molecule has 1 aromatic heterocycles. The van der Waals surface area contributed by atoms with Gasteiger partial charge in [-0.2, -0.15) is 0 Å². The average Bonchev–Trinajstić information content (AvgIpc) is 3.22. The zero-order valence-electron chi connectivity index (χ0n) is 10.9. The molecule has 0 saturated heterocycles. The van der Waals surface area contributed by atoms with E-state index in [1.165, 1.54) is 18.9 Å². The number of aromatic nitrogens is 2. The number of nitrogens with two attached hydrogens (primary N) is 1. The summed E-state index contributed by atoms with van der Waals surface area (Å²) in [5.41, 5.74) is 8.82. The van der Waals surface area contributed by atoms with Crippen molar-refractivity contribution in [3.63, 3.8) is 0 Å². The molecule has 1 fully saturated rings. The maximum Gasteiger partial charge on any atom is 0.146 e.